The molecule has 19 heavy (non-hydrogen) atoms. The number of nitrogens with one attached hydrogen (secondary N) is 1. The van der Waals surface area contributed by atoms with Gasteiger partial charge in [0.25, 0.3) is 0 Å². The number of fused-ring (bicyclic) bond motifs is 1. The minimum atomic E-state index is 0.581. The summed E-state index contributed by atoms with van der Waals surface area (Å²) in [6.45, 7) is 2.37. The molecular formula is C16H21N3. The highest BCUT2D eigenvalue weighted by molar-refractivity contribution is 5.90. The average Bonchev–Trinajstić information content (AvgIpc) is 2.64. The summed E-state index contributed by atoms with van der Waals surface area (Å²) in [5.41, 5.74) is 2.10. The lowest BCUT2D eigenvalue weighted by Crippen LogP contribution is -2.18. The Morgan fingerprint density at radius 3 is 2.95 bits per heavy atom. The van der Waals surface area contributed by atoms with Gasteiger partial charge < -0.3 is 5.32 Å². The molecule has 0 spiro atoms. The van der Waals surface area contributed by atoms with Gasteiger partial charge in [-0.05, 0) is 31.2 Å². The highest BCUT2D eigenvalue weighted by Crippen LogP contribution is 2.27. The number of rotatable bonds is 2. The van der Waals surface area contributed by atoms with Gasteiger partial charge in [0.1, 0.15) is 0 Å². The second kappa shape index (κ2) is 5.55. The highest BCUT2D eigenvalue weighted by Gasteiger charge is 2.16. The minimum absolute atomic E-state index is 0.581. The van der Waals surface area contributed by atoms with Crippen molar-refractivity contribution in [2.75, 3.05) is 5.32 Å². The number of aromatic nitrogens is 2. The van der Waals surface area contributed by atoms with Crippen LogP contribution in [0.1, 0.15) is 39.0 Å². The maximum atomic E-state index is 4.18. The molecule has 0 bridgehead atoms. The van der Waals surface area contributed by atoms with E-state index in [4.69, 9.17) is 0 Å². The molecule has 1 fully saturated rings. The van der Waals surface area contributed by atoms with Crippen LogP contribution in [0, 0.1) is 5.92 Å². The number of hydrogen-bond donors (Lipinski definition) is 1. The van der Waals surface area contributed by atoms with Crippen molar-refractivity contribution in [1.29, 1.82) is 0 Å². The van der Waals surface area contributed by atoms with Crippen molar-refractivity contribution in [1.82, 2.24) is 10.2 Å². The van der Waals surface area contributed by atoms with Crippen LogP contribution in [0.15, 0.2) is 30.5 Å². The van der Waals surface area contributed by atoms with Crippen LogP contribution in [0.4, 0.5) is 5.69 Å². The molecular weight excluding hydrogens is 234 g/mol. The van der Waals surface area contributed by atoms with Crippen LogP contribution in [0.5, 0.6) is 0 Å². The van der Waals surface area contributed by atoms with Crippen molar-refractivity contribution < 1.29 is 0 Å². The van der Waals surface area contributed by atoms with Crippen molar-refractivity contribution >= 4 is 16.6 Å². The molecule has 1 N–H and O–H groups in total. The summed E-state index contributed by atoms with van der Waals surface area (Å²) in [6.07, 6.45) is 8.41. The van der Waals surface area contributed by atoms with Crippen LogP contribution in [-0.4, -0.2) is 16.2 Å². The Morgan fingerprint density at radius 2 is 2.00 bits per heavy atom. The van der Waals surface area contributed by atoms with E-state index in [0.717, 1.165) is 17.1 Å². The molecule has 2 unspecified atom stereocenters. The third kappa shape index (κ3) is 2.86. The van der Waals surface area contributed by atoms with Gasteiger partial charge in [-0.15, -0.1) is 0 Å². The third-order valence-electron chi connectivity index (χ3n) is 4.16. The summed E-state index contributed by atoms with van der Waals surface area (Å²) in [6, 6.07) is 8.78. The summed E-state index contributed by atoms with van der Waals surface area (Å²) in [5, 5.41) is 13.1. The molecule has 1 saturated carbocycles. The summed E-state index contributed by atoms with van der Waals surface area (Å²) in [5.74, 6) is 0.874. The van der Waals surface area contributed by atoms with E-state index in [9.17, 15) is 0 Å². The van der Waals surface area contributed by atoms with Crippen LogP contribution in [-0.2, 0) is 0 Å². The summed E-state index contributed by atoms with van der Waals surface area (Å²) in [7, 11) is 0. The topological polar surface area (TPSA) is 37.8 Å². The molecule has 1 aromatic carbocycles. The second-order valence-corrected chi connectivity index (χ2v) is 5.73. The van der Waals surface area contributed by atoms with Gasteiger partial charge in [0.05, 0.1) is 17.4 Å². The molecule has 0 radical (unpaired) electrons. The Hall–Kier alpha value is -1.64. The Kier molecular flexibility index (Phi) is 3.62. The smallest absolute Gasteiger partial charge is 0.0950 e. The van der Waals surface area contributed by atoms with Crippen LogP contribution in [0.3, 0.4) is 0 Å². The van der Waals surface area contributed by atoms with Gasteiger partial charge in [0, 0.05) is 11.4 Å². The Balaban J connectivity index is 1.81. The molecule has 3 heteroatoms. The largest absolute Gasteiger partial charge is 0.380 e. The predicted molar refractivity (Wildman–Crippen MR) is 79.2 cm³/mol. The number of nitrogens with zero attached hydrogens (tertiary/aromatic N) is 2. The minimum Gasteiger partial charge on any atom is -0.380 e. The van der Waals surface area contributed by atoms with Crippen molar-refractivity contribution in [2.24, 2.45) is 5.92 Å². The number of hydrogen-bond acceptors (Lipinski definition) is 3. The van der Waals surface area contributed by atoms with Gasteiger partial charge in [0.2, 0.25) is 0 Å². The first-order valence-corrected chi connectivity index (χ1v) is 7.30. The van der Waals surface area contributed by atoms with Gasteiger partial charge in [-0.3, -0.25) is 0 Å². The lowest BCUT2D eigenvalue weighted by Gasteiger charge is -2.18. The SMILES string of the molecule is CC1CCCC(Nc2cnnc3ccccc23)CC1. The fraction of sp³-hybridized carbons (Fsp3) is 0.500. The molecule has 0 saturated heterocycles. The van der Waals surface area contributed by atoms with Crippen LogP contribution >= 0.6 is 0 Å². The van der Waals surface area contributed by atoms with Gasteiger partial charge in [0.15, 0.2) is 0 Å². The fourth-order valence-corrected chi connectivity index (χ4v) is 2.97. The van der Waals surface area contributed by atoms with Crippen molar-refractivity contribution in [2.45, 2.75) is 45.1 Å². The van der Waals surface area contributed by atoms with E-state index in [1.165, 1.54) is 37.5 Å². The van der Waals surface area contributed by atoms with Gasteiger partial charge in [-0.2, -0.15) is 10.2 Å². The Labute approximate surface area is 114 Å². The zero-order valence-electron chi connectivity index (χ0n) is 11.5. The molecule has 2 aromatic rings. The van der Waals surface area contributed by atoms with E-state index in [0.29, 0.717) is 6.04 Å². The van der Waals surface area contributed by atoms with E-state index < -0.39 is 0 Å². The highest BCUT2D eigenvalue weighted by atomic mass is 15.1. The summed E-state index contributed by atoms with van der Waals surface area (Å²) in [4.78, 5) is 0. The van der Waals surface area contributed by atoms with Gasteiger partial charge in [-0.25, -0.2) is 0 Å². The average molecular weight is 255 g/mol. The van der Waals surface area contributed by atoms with Crippen molar-refractivity contribution in [3.63, 3.8) is 0 Å². The zero-order valence-corrected chi connectivity index (χ0v) is 11.5. The van der Waals surface area contributed by atoms with E-state index in [1.807, 2.05) is 18.3 Å². The van der Waals surface area contributed by atoms with Crippen LogP contribution in [0.2, 0.25) is 0 Å². The molecule has 1 heterocycles. The van der Waals surface area contributed by atoms with Crippen molar-refractivity contribution in [3.8, 4) is 0 Å². The molecule has 0 amide bonds. The lowest BCUT2D eigenvalue weighted by atomic mass is 10.0. The van der Waals surface area contributed by atoms with Crippen LogP contribution < -0.4 is 5.32 Å². The zero-order chi connectivity index (χ0) is 13.1. The van der Waals surface area contributed by atoms with E-state index in [1.54, 1.807) is 0 Å². The predicted octanol–water partition coefficient (Wildman–Crippen LogP) is 4.01. The van der Waals surface area contributed by atoms with E-state index >= 15 is 0 Å². The maximum absolute atomic E-state index is 4.18. The quantitative estimate of drug-likeness (QED) is 0.824. The fourth-order valence-electron chi connectivity index (χ4n) is 2.97. The van der Waals surface area contributed by atoms with E-state index in [2.05, 4.69) is 34.6 Å². The molecule has 1 aromatic heterocycles. The van der Waals surface area contributed by atoms with Crippen LogP contribution in [0.25, 0.3) is 10.9 Å². The van der Waals surface area contributed by atoms with Crippen molar-refractivity contribution in [3.05, 3.63) is 30.5 Å². The normalized spacial score (nSPS) is 24.1. The molecule has 0 aliphatic heterocycles. The molecule has 100 valence electrons. The van der Waals surface area contributed by atoms with E-state index in [-0.39, 0.29) is 0 Å². The van der Waals surface area contributed by atoms with Gasteiger partial charge >= 0.3 is 0 Å². The first kappa shape index (κ1) is 12.4. The summed E-state index contributed by atoms with van der Waals surface area (Å²) >= 11 is 0. The first-order valence-electron chi connectivity index (χ1n) is 7.30. The van der Waals surface area contributed by atoms with Gasteiger partial charge in [-0.1, -0.05) is 38.0 Å². The number of anilines is 1. The Morgan fingerprint density at radius 1 is 1.11 bits per heavy atom. The third-order valence-corrected chi connectivity index (χ3v) is 4.16. The number of benzene rings is 1. The first-order chi connectivity index (χ1) is 9.33. The monoisotopic (exact) mass is 255 g/mol. The molecule has 1 aliphatic carbocycles. The maximum Gasteiger partial charge on any atom is 0.0950 e. The Bertz CT molecular complexity index is 547. The molecule has 1 aliphatic rings. The lowest BCUT2D eigenvalue weighted by molar-refractivity contribution is 0.502. The molecule has 2 atom stereocenters. The second-order valence-electron chi connectivity index (χ2n) is 5.73. The summed E-state index contributed by atoms with van der Waals surface area (Å²) < 4.78 is 0. The molecule has 3 nitrogen and oxygen atoms in total. The standard InChI is InChI=1S/C16H21N3/c1-12-5-4-6-13(10-9-12)18-16-11-17-19-15-8-3-2-7-14(15)16/h2-3,7-8,11-13H,4-6,9-10H2,1H3,(H,18,19). The molecule has 3 rings (SSSR count).